The Morgan fingerprint density at radius 2 is 1.94 bits per heavy atom. The molecule has 0 aliphatic carbocycles. The number of nitrogens with two attached hydrogens (primary N) is 1. The van der Waals surface area contributed by atoms with Gasteiger partial charge in [0.15, 0.2) is 0 Å². The molecule has 0 aliphatic heterocycles. The number of carbonyl (C=O) groups excluding carboxylic acids is 1. The number of nitrogens with zero attached hydrogens (tertiary/aromatic N) is 1. The number of pyridine rings is 1. The molecule has 2 rings (SSSR count). The lowest BCUT2D eigenvalue weighted by Crippen LogP contribution is -2.07. The smallest absolute Gasteiger partial charge is 0.356 e. The van der Waals surface area contributed by atoms with Crippen molar-refractivity contribution in [1.82, 2.24) is 4.98 Å². The summed E-state index contributed by atoms with van der Waals surface area (Å²) in [6.07, 6.45) is 0. The van der Waals surface area contributed by atoms with Gasteiger partial charge >= 0.3 is 5.97 Å². The van der Waals surface area contributed by atoms with Crippen molar-refractivity contribution in [3.63, 3.8) is 0 Å². The maximum atomic E-state index is 11.6. The predicted molar refractivity (Wildman–Crippen MR) is 70.0 cm³/mol. The number of aromatic nitrogens is 1. The van der Waals surface area contributed by atoms with Gasteiger partial charge in [-0.2, -0.15) is 0 Å². The molecule has 1 aromatic carbocycles. The predicted octanol–water partition coefficient (Wildman–Crippen LogP) is 2.51. The van der Waals surface area contributed by atoms with Gasteiger partial charge < -0.3 is 10.5 Å². The van der Waals surface area contributed by atoms with Crippen molar-refractivity contribution in [3.05, 3.63) is 48.2 Å². The van der Waals surface area contributed by atoms with Crippen LogP contribution >= 0.6 is 0 Å². The Bertz CT molecular complexity index is 550. The lowest BCUT2D eigenvalue weighted by atomic mass is 10.1. The third-order valence-corrected chi connectivity index (χ3v) is 2.44. The monoisotopic (exact) mass is 242 g/mol. The van der Waals surface area contributed by atoms with Crippen LogP contribution in [0, 0.1) is 0 Å². The van der Waals surface area contributed by atoms with Gasteiger partial charge in [0.2, 0.25) is 0 Å². The number of ether oxygens (including phenoxy) is 1. The van der Waals surface area contributed by atoms with E-state index in [2.05, 4.69) is 4.98 Å². The number of hydrogen-bond acceptors (Lipinski definition) is 4. The van der Waals surface area contributed by atoms with Crippen molar-refractivity contribution in [2.45, 2.75) is 6.92 Å². The first-order valence-corrected chi connectivity index (χ1v) is 5.71. The largest absolute Gasteiger partial charge is 0.461 e. The van der Waals surface area contributed by atoms with Crippen molar-refractivity contribution in [2.75, 3.05) is 12.3 Å². The normalized spacial score (nSPS) is 10.1. The van der Waals surface area contributed by atoms with Crippen LogP contribution in [0.4, 0.5) is 5.69 Å². The second-order valence-corrected chi connectivity index (χ2v) is 3.75. The van der Waals surface area contributed by atoms with Gasteiger partial charge in [-0.15, -0.1) is 0 Å². The molecule has 0 amide bonds. The number of benzene rings is 1. The molecule has 0 unspecified atom stereocenters. The Labute approximate surface area is 105 Å². The van der Waals surface area contributed by atoms with Crippen molar-refractivity contribution in [2.24, 2.45) is 0 Å². The number of esters is 1. The molecule has 92 valence electrons. The summed E-state index contributed by atoms with van der Waals surface area (Å²) >= 11 is 0. The summed E-state index contributed by atoms with van der Waals surface area (Å²) in [5.74, 6) is -0.408. The van der Waals surface area contributed by atoms with Crippen LogP contribution < -0.4 is 5.73 Å². The summed E-state index contributed by atoms with van der Waals surface area (Å²) in [6, 6.07) is 12.6. The fraction of sp³-hybridized carbons (Fsp3) is 0.143. The first kappa shape index (κ1) is 12.1. The van der Waals surface area contributed by atoms with Crippen LogP contribution in [-0.2, 0) is 4.74 Å². The maximum Gasteiger partial charge on any atom is 0.356 e. The number of nitrogen functional groups attached to an aromatic ring is 1. The summed E-state index contributed by atoms with van der Waals surface area (Å²) in [5.41, 5.74) is 8.27. The second-order valence-electron chi connectivity index (χ2n) is 3.75. The van der Waals surface area contributed by atoms with Crippen LogP contribution in [0.15, 0.2) is 42.5 Å². The molecular weight excluding hydrogens is 228 g/mol. The number of rotatable bonds is 3. The van der Waals surface area contributed by atoms with Crippen molar-refractivity contribution >= 4 is 11.7 Å². The Morgan fingerprint density at radius 3 is 2.61 bits per heavy atom. The van der Waals surface area contributed by atoms with E-state index in [4.69, 9.17) is 10.5 Å². The van der Waals surface area contributed by atoms with Crippen molar-refractivity contribution in [1.29, 1.82) is 0 Å². The third-order valence-electron chi connectivity index (χ3n) is 2.44. The van der Waals surface area contributed by atoms with Crippen LogP contribution in [0.3, 0.4) is 0 Å². The van der Waals surface area contributed by atoms with E-state index in [1.807, 2.05) is 18.2 Å². The zero-order valence-corrected chi connectivity index (χ0v) is 10.1. The minimum atomic E-state index is -0.408. The molecule has 0 saturated carbocycles. The van der Waals surface area contributed by atoms with Crippen LogP contribution in [0.1, 0.15) is 17.4 Å². The fourth-order valence-corrected chi connectivity index (χ4v) is 1.57. The van der Waals surface area contributed by atoms with E-state index in [9.17, 15) is 4.79 Å². The average molecular weight is 242 g/mol. The first-order chi connectivity index (χ1) is 8.70. The molecule has 0 bridgehead atoms. The van der Waals surface area contributed by atoms with Gasteiger partial charge in [-0.1, -0.05) is 18.2 Å². The molecular formula is C14H14N2O2. The van der Waals surface area contributed by atoms with Crippen molar-refractivity contribution < 1.29 is 9.53 Å². The summed E-state index contributed by atoms with van der Waals surface area (Å²) in [5, 5.41) is 0. The highest BCUT2D eigenvalue weighted by Gasteiger charge is 2.09. The second kappa shape index (κ2) is 5.31. The maximum absolute atomic E-state index is 11.6. The highest BCUT2D eigenvalue weighted by Crippen LogP contribution is 2.18. The SMILES string of the molecule is CCOC(=O)c1cccc(-c2ccc(N)cc2)n1. The van der Waals surface area contributed by atoms with Crippen LogP contribution in [-0.4, -0.2) is 17.6 Å². The van der Waals surface area contributed by atoms with Gasteiger partial charge in [-0.3, -0.25) is 0 Å². The van der Waals surface area contributed by atoms with E-state index in [0.717, 1.165) is 11.3 Å². The molecule has 4 heteroatoms. The van der Waals surface area contributed by atoms with Gasteiger partial charge in [0.05, 0.1) is 12.3 Å². The van der Waals surface area contributed by atoms with Gasteiger partial charge in [-0.25, -0.2) is 9.78 Å². The molecule has 18 heavy (non-hydrogen) atoms. The summed E-state index contributed by atoms with van der Waals surface area (Å²) in [4.78, 5) is 15.9. The molecule has 4 nitrogen and oxygen atoms in total. The molecule has 0 fully saturated rings. The lowest BCUT2D eigenvalue weighted by Gasteiger charge is -2.04. The fourth-order valence-electron chi connectivity index (χ4n) is 1.57. The summed E-state index contributed by atoms with van der Waals surface area (Å²) in [7, 11) is 0. The Morgan fingerprint density at radius 1 is 1.22 bits per heavy atom. The van der Waals surface area contributed by atoms with E-state index in [1.54, 1.807) is 31.2 Å². The molecule has 1 heterocycles. The summed E-state index contributed by atoms with van der Waals surface area (Å²) in [6.45, 7) is 2.11. The van der Waals surface area contributed by atoms with E-state index >= 15 is 0 Å². The quantitative estimate of drug-likeness (QED) is 0.663. The van der Waals surface area contributed by atoms with Gasteiger partial charge in [0, 0.05) is 11.3 Å². The molecule has 2 N–H and O–H groups in total. The molecule has 1 aromatic heterocycles. The van der Waals surface area contributed by atoms with E-state index < -0.39 is 5.97 Å². The standard InChI is InChI=1S/C14H14N2O2/c1-2-18-14(17)13-5-3-4-12(16-13)10-6-8-11(15)9-7-10/h3-9H,2,15H2,1H3. The molecule has 0 spiro atoms. The first-order valence-electron chi connectivity index (χ1n) is 5.71. The van der Waals surface area contributed by atoms with E-state index in [-0.39, 0.29) is 0 Å². The zero-order valence-electron chi connectivity index (χ0n) is 10.1. The Balaban J connectivity index is 2.32. The van der Waals surface area contributed by atoms with Gasteiger partial charge in [0.1, 0.15) is 5.69 Å². The minimum Gasteiger partial charge on any atom is -0.461 e. The number of hydrogen-bond donors (Lipinski definition) is 1. The summed E-state index contributed by atoms with van der Waals surface area (Å²) < 4.78 is 4.92. The third kappa shape index (κ3) is 2.66. The van der Waals surface area contributed by atoms with E-state index in [1.165, 1.54) is 0 Å². The number of carbonyl (C=O) groups is 1. The Kier molecular flexibility index (Phi) is 3.57. The molecule has 0 aliphatic rings. The highest BCUT2D eigenvalue weighted by atomic mass is 16.5. The number of anilines is 1. The van der Waals surface area contributed by atoms with Crippen molar-refractivity contribution in [3.8, 4) is 11.3 Å². The lowest BCUT2D eigenvalue weighted by molar-refractivity contribution is 0.0519. The highest BCUT2D eigenvalue weighted by molar-refractivity contribution is 5.87. The molecule has 2 aromatic rings. The van der Waals surface area contributed by atoms with Crippen LogP contribution in [0.5, 0.6) is 0 Å². The Hall–Kier alpha value is -2.36. The topological polar surface area (TPSA) is 65.2 Å². The average Bonchev–Trinajstić information content (AvgIpc) is 2.40. The zero-order chi connectivity index (χ0) is 13.0. The van der Waals surface area contributed by atoms with Gasteiger partial charge in [-0.05, 0) is 31.2 Å². The minimum absolute atomic E-state index is 0.311. The van der Waals surface area contributed by atoms with E-state index in [0.29, 0.717) is 18.0 Å². The van der Waals surface area contributed by atoms with Crippen LogP contribution in [0.2, 0.25) is 0 Å². The van der Waals surface area contributed by atoms with Crippen LogP contribution in [0.25, 0.3) is 11.3 Å². The molecule has 0 saturated heterocycles. The molecule has 0 atom stereocenters. The molecule has 0 radical (unpaired) electrons. The van der Waals surface area contributed by atoms with Gasteiger partial charge in [0.25, 0.3) is 0 Å².